The zero-order chi connectivity index (χ0) is 18.2. The molecule has 1 aromatic rings. The molecule has 25 heavy (non-hydrogen) atoms. The van der Waals surface area contributed by atoms with Crippen LogP contribution < -0.4 is 9.47 Å². The van der Waals surface area contributed by atoms with Gasteiger partial charge in [-0.1, -0.05) is 30.0 Å². The maximum Gasteiger partial charge on any atom is 0.266 e. The molecule has 1 aliphatic rings. The van der Waals surface area contributed by atoms with Crippen molar-refractivity contribution in [2.75, 3.05) is 33.5 Å². The first kappa shape index (κ1) is 19.8. The maximum atomic E-state index is 12.5. The van der Waals surface area contributed by atoms with E-state index in [1.807, 2.05) is 38.1 Å². The third-order valence-electron chi connectivity index (χ3n) is 3.47. The molecule has 0 radical (unpaired) electrons. The van der Waals surface area contributed by atoms with Gasteiger partial charge in [0.05, 0.1) is 18.1 Å². The molecule has 0 bridgehead atoms. The van der Waals surface area contributed by atoms with Crippen LogP contribution in [0.4, 0.5) is 0 Å². The van der Waals surface area contributed by atoms with Crippen LogP contribution in [0, 0.1) is 0 Å². The average molecular weight is 382 g/mol. The molecule has 2 rings (SSSR count). The van der Waals surface area contributed by atoms with E-state index in [1.54, 1.807) is 12.0 Å². The van der Waals surface area contributed by atoms with E-state index in [0.717, 1.165) is 12.0 Å². The molecule has 0 spiro atoms. The average Bonchev–Trinajstić information content (AvgIpc) is 2.85. The van der Waals surface area contributed by atoms with E-state index in [-0.39, 0.29) is 5.91 Å². The molecular weight excluding hydrogens is 358 g/mol. The summed E-state index contributed by atoms with van der Waals surface area (Å²) in [6.07, 6.45) is 2.60. The molecule has 1 heterocycles. The summed E-state index contributed by atoms with van der Waals surface area (Å²) in [5.74, 6) is 1.32. The predicted octanol–water partition coefficient (Wildman–Crippen LogP) is 3.72. The van der Waals surface area contributed by atoms with Gasteiger partial charge in [-0.05, 0) is 44.0 Å². The number of amides is 1. The molecule has 136 valence electrons. The SMILES string of the molecule is CCOc1ccc(/C=C2/SC(=S)N(CCCOC)C2=O)cc1OCC. The second-order valence-corrected chi connectivity index (χ2v) is 6.93. The molecule has 1 fully saturated rings. The van der Waals surface area contributed by atoms with Crippen LogP contribution in [0.5, 0.6) is 11.5 Å². The van der Waals surface area contributed by atoms with Crippen LogP contribution in [0.2, 0.25) is 0 Å². The lowest BCUT2D eigenvalue weighted by atomic mass is 10.2. The van der Waals surface area contributed by atoms with Crippen molar-refractivity contribution in [3.05, 3.63) is 28.7 Å². The monoisotopic (exact) mass is 381 g/mol. The van der Waals surface area contributed by atoms with Crippen LogP contribution >= 0.6 is 24.0 Å². The van der Waals surface area contributed by atoms with E-state index in [4.69, 9.17) is 26.4 Å². The molecule has 1 aromatic carbocycles. The molecular formula is C18H23NO4S2. The first-order valence-electron chi connectivity index (χ1n) is 8.24. The summed E-state index contributed by atoms with van der Waals surface area (Å²) in [6.45, 7) is 6.15. The van der Waals surface area contributed by atoms with Crippen molar-refractivity contribution in [2.45, 2.75) is 20.3 Å². The van der Waals surface area contributed by atoms with E-state index in [1.165, 1.54) is 11.8 Å². The van der Waals surface area contributed by atoms with Gasteiger partial charge in [-0.2, -0.15) is 0 Å². The fourth-order valence-corrected chi connectivity index (χ4v) is 3.68. The number of rotatable bonds is 9. The number of hydrogen-bond donors (Lipinski definition) is 0. The Morgan fingerprint density at radius 1 is 1.20 bits per heavy atom. The van der Waals surface area contributed by atoms with Crippen molar-refractivity contribution >= 4 is 40.3 Å². The van der Waals surface area contributed by atoms with Gasteiger partial charge in [0.15, 0.2) is 11.5 Å². The lowest BCUT2D eigenvalue weighted by Crippen LogP contribution is -2.29. The largest absolute Gasteiger partial charge is 0.490 e. The van der Waals surface area contributed by atoms with Crippen molar-refractivity contribution in [3.8, 4) is 11.5 Å². The van der Waals surface area contributed by atoms with Gasteiger partial charge in [0.1, 0.15) is 4.32 Å². The van der Waals surface area contributed by atoms with Crippen LogP contribution in [0.1, 0.15) is 25.8 Å². The Morgan fingerprint density at radius 2 is 1.92 bits per heavy atom. The summed E-state index contributed by atoms with van der Waals surface area (Å²) < 4.78 is 16.8. The number of benzene rings is 1. The molecule has 7 heteroatoms. The lowest BCUT2D eigenvalue weighted by molar-refractivity contribution is -0.122. The lowest BCUT2D eigenvalue weighted by Gasteiger charge is -2.13. The first-order valence-corrected chi connectivity index (χ1v) is 9.47. The Kier molecular flexibility index (Phi) is 7.74. The summed E-state index contributed by atoms with van der Waals surface area (Å²) in [7, 11) is 1.64. The second kappa shape index (κ2) is 9.79. The van der Waals surface area contributed by atoms with Gasteiger partial charge in [0, 0.05) is 20.3 Å². The number of methoxy groups -OCH3 is 1. The summed E-state index contributed by atoms with van der Waals surface area (Å²) in [4.78, 5) is 14.8. The van der Waals surface area contributed by atoms with Crippen molar-refractivity contribution in [1.29, 1.82) is 0 Å². The minimum absolute atomic E-state index is 0.0575. The fourth-order valence-electron chi connectivity index (χ4n) is 2.37. The number of nitrogens with zero attached hydrogens (tertiary/aromatic N) is 1. The van der Waals surface area contributed by atoms with Crippen molar-refractivity contribution in [2.24, 2.45) is 0 Å². The van der Waals surface area contributed by atoms with Gasteiger partial charge >= 0.3 is 0 Å². The molecule has 0 N–H and O–H groups in total. The van der Waals surface area contributed by atoms with Gasteiger partial charge < -0.3 is 14.2 Å². The van der Waals surface area contributed by atoms with Gasteiger partial charge in [-0.15, -0.1) is 0 Å². The normalized spacial score (nSPS) is 16.0. The Bertz CT molecular complexity index is 660. The number of thioether (sulfide) groups is 1. The van der Waals surface area contributed by atoms with E-state index in [0.29, 0.717) is 47.1 Å². The van der Waals surface area contributed by atoms with Gasteiger partial charge in [0.25, 0.3) is 5.91 Å². The van der Waals surface area contributed by atoms with Crippen molar-refractivity contribution in [3.63, 3.8) is 0 Å². The Labute approximate surface area is 158 Å². The van der Waals surface area contributed by atoms with E-state index >= 15 is 0 Å². The summed E-state index contributed by atoms with van der Waals surface area (Å²) in [5, 5.41) is 0. The Morgan fingerprint density at radius 3 is 2.60 bits per heavy atom. The molecule has 0 unspecified atom stereocenters. The highest BCUT2D eigenvalue weighted by Gasteiger charge is 2.31. The van der Waals surface area contributed by atoms with Crippen LogP contribution in [-0.4, -0.2) is 48.6 Å². The van der Waals surface area contributed by atoms with Gasteiger partial charge in [-0.25, -0.2) is 0 Å². The van der Waals surface area contributed by atoms with Crippen molar-refractivity contribution in [1.82, 2.24) is 4.90 Å². The second-order valence-electron chi connectivity index (χ2n) is 5.25. The Hall–Kier alpha value is -1.57. The molecule has 0 aliphatic carbocycles. The Balaban J connectivity index is 2.18. The fraction of sp³-hybridized carbons (Fsp3) is 0.444. The maximum absolute atomic E-state index is 12.5. The third kappa shape index (κ3) is 5.20. The van der Waals surface area contributed by atoms with E-state index in [9.17, 15) is 4.79 Å². The number of carbonyl (C=O) groups excluding carboxylic acids is 1. The van der Waals surface area contributed by atoms with E-state index in [2.05, 4.69) is 0 Å². The zero-order valence-corrected chi connectivity index (χ0v) is 16.4. The minimum atomic E-state index is -0.0575. The minimum Gasteiger partial charge on any atom is -0.490 e. The van der Waals surface area contributed by atoms with Crippen molar-refractivity contribution < 1.29 is 19.0 Å². The standard InChI is InChI=1S/C18H23NO4S2/c1-4-22-14-8-7-13(11-15(14)23-5-2)12-16-17(20)19(18(24)25-16)9-6-10-21-3/h7-8,11-12H,4-6,9-10H2,1-3H3/b16-12+. The van der Waals surface area contributed by atoms with Crippen LogP contribution in [0.25, 0.3) is 6.08 Å². The van der Waals surface area contributed by atoms with Gasteiger partial charge in [-0.3, -0.25) is 9.69 Å². The number of carbonyl (C=O) groups is 1. The molecule has 1 saturated heterocycles. The number of hydrogen-bond acceptors (Lipinski definition) is 6. The first-order chi connectivity index (χ1) is 12.1. The van der Waals surface area contributed by atoms with E-state index < -0.39 is 0 Å². The summed E-state index contributed by atoms with van der Waals surface area (Å²) in [6, 6.07) is 5.65. The molecule has 5 nitrogen and oxygen atoms in total. The van der Waals surface area contributed by atoms with Crippen LogP contribution in [0.15, 0.2) is 23.1 Å². The molecule has 1 amide bonds. The molecule has 1 aliphatic heterocycles. The zero-order valence-electron chi connectivity index (χ0n) is 14.7. The predicted molar refractivity (Wildman–Crippen MR) is 105 cm³/mol. The quantitative estimate of drug-likeness (QED) is 0.369. The topological polar surface area (TPSA) is 48.0 Å². The van der Waals surface area contributed by atoms with Crippen LogP contribution in [0.3, 0.4) is 0 Å². The summed E-state index contributed by atoms with van der Waals surface area (Å²) >= 11 is 6.65. The third-order valence-corrected chi connectivity index (χ3v) is 4.85. The summed E-state index contributed by atoms with van der Waals surface area (Å²) in [5.41, 5.74) is 0.879. The number of ether oxygens (including phenoxy) is 3. The number of thiocarbonyl (C=S) groups is 1. The van der Waals surface area contributed by atoms with Crippen LogP contribution in [-0.2, 0) is 9.53 Å². The molecule has 0 aromatic heterocycles. The highest BCUT2D eigenvalue weighted by atomic mass is 32.2. The molecule has 0 saturated carbocycles. The highest BCUT2D eigenvalue weighted by molar-refractivity contribution is 8.26. The van der Waals surface area contributed by atoms with Gasteiger partial charge in [0.2, 0.25) is 0 Å². The highest BCUT2D eigenvalue weighted by Crippen LogP contribution is 2.34. The molecule has 0 atom stereocenters. The smallest absolute Gasteiger partial charge is 0.266 e.